The third-order valence-corrected chi connectivity index (χ3v) is 2.47. The van der Waals surface area contributed by atoms with Crippen molar-refractivity contribution in [3.8, 4) is 6.07 Å². The van der Waals surface area contributed by atoms with Crippen LogP contribution >= 0.6 is 0 Å². The van der Waals surface area contributed by atoms with Gasteiger partial charge in [-0.15, -0.1) is 0 Å². The second kappa shape index (κ2) is 8.27. The Bertz CT molecular complexity index is 424. The lowest BCUT2D eigenvalue weighted by atomic mass is 10.4. The van der Waals surface area contributed by atoms with Gasteiger partial charge in [-0.1, -0.05) is 0 Å². The number of nitriles is 1. The van der Waals surface area contributed by atoms with Crippen molar-refractivity contribution in [1.29, 1.82) is 5.26 Å². The van der Waals surface area contributed by atoms with Gasteiger partial charge in [0.25, 0.3) is 0 Å². The fourth-order valence-corrected chi connectivity index (χ4v) is 1.61. The number of rotatable bonds is 8. The number of hydrogen-bond acceptors (Lipinski definition) is 6. The molecule has 0 saturated carbocycles. The quantitative estimate of drug-likeness (QED) is 0.691. The summed E-state index contributed by atoms with van der Waals surface area (Å²) in [5.74, 6) is 2.31. The first-order chi connectivity index (χ1) is 9.11. The first-order valence-electron chi connectivity index (χ1n) is 6.47. The summed E-state index contributed by atoms with van der Waals surface area (Å²) in [6.07, 6.45) is 1.53. The zero-order chi connectivity index (χ0) is 14.1. The van der Waals surface area contributed by atoms with Gasteiger partial charge in [-0.2, -0.15) is 5.26 Å². The third-order valence-electron chi connectivity index (χ3n) is 2.47. The van der Waals surface area contributed by atoms with Gasteiger partial charge in [0, 0.05) is 19.2 Å². The molecule has 0 atom stereocenters. The minimum absolute atomic E-state index is 0.467. The van der Waals surface area contributed by atoms with Gasteiger partial charge in [0.2, 0.25) is 0 Å². The molecule has 0 aliphatic heterocycles. The highest BCUT2D eigenvalue weighted by atomic mass is 15.1. The Morgan fingerprint density at radius 3 is 2.42 bits per heavy atom. The van der Waals surface area contributed by atoms with E-state index in [1.54, 1.807) is 0 Å². The molecule has 0 radical (unpaired) electrons. The maximum atomic E-state index is 8.50. The summed E-state index contributed by atoms with van der Waals surface area (Å²) < 4.78 is 0. The Morgan fingerprint density at radius 2 is 1.84 bits per heavy atom. The van der Waals surface area contributed by atoms with Crippen LogP contribution in [-0.2, 0) is 0 Å². The minimum Gasteiger partial charge on any atom is -0.370 e. The van der Waals surface area contributed by atoms with Crippen molar-refractivity contribution < 1.29 is 0 Å². The number of anilines is 2. The van der Waals surface area contributed by atoms with Crippen LogP contribution in [0.3, 0.4) is 0 Å². The molecule has 6 heteroatoms. The van der Waals surface area contributed by atoms with E-state index < -0.39 is 0 Å². The summed E-state index contributed by atoms with van der Waals surface area (Å²) in [6, 6.07) is 3.97. The van der Waals surface area contributed by atoms with Gasteiger partial charge in [-0.3, -0.25) is 0 Å². The predicted octanol–water partition coefficient (Wildman–Crippen LogP) is 1.47. The van der Waals surface area contributed by atoms with Gasteiger partial charge in [0.05, 0.1) is 12.5 Å². The summed E-state index contributed by atoms with van der Waals surface area (Å²) >= 11 is 0. The first-order valence-corrected chi connectivity index (χ1v) is 6.47. The normalized spacial score (nSPS) is 10.3. The van der Waals surface area contributed by atoms with Crippen molar-refractivity contribution in [2.24, 2.45) is 0 Å². The van der Waals surface area contributed by atoms with Crippen LogP contribution in [0.5, 0.6) is 0 Å². The van der Waals surface area contributed by atoms with Crippen molar-refractivity contribution in [3.63, 3.8) is 0 Å². The molecule has 0 bridgehead atoms. The maximum Gasteiger partial charge on any atom is 0.131 e. The van der Waals surface area contributed by atoms with Gasteiger partial charge in [0.15, 0.2) is 0 Å². The Balaban J connectivity index is 2.46. The highest BCUT2D eigenvalue weighted by Crippen LogP contribution is 2.11. The van der Waals surface area contributed by atoms with Gasteiger partial charge in [-0.25, -0.2) is 9.97 Å². The largest absolute Gasteiger partial charge is 0.370 e. The molecule has 6 nitrogen and oxygen atoms in total. The molecule has 104 valence electrons. The van der Waals surface area contributed by atoms with Gasteiger partial charge < -0.3 is 15.5 Å². The highest BCUT2D eigenvalue weighted by molar-refractivity contribution is 5.47. The van der Waals surface area contributed by atoms with Crippen molar-refractivity contribution in [2.45, 2.75) is 19.8 Å². The molecule has 19 heavy (non-hydrogen) atoms. The summed E-state index contributed by atoms with van der Waals surface area (Å²) in [7, 11) is 4.12. The smallest absolute Gasteiger partial charge is 0.131 e. The van der Waals surface area contributed by atoms with Crippen molar-refractivity contribution in [2.75, 3.05) is 44.4 Å². The summed E-state index contributed by atoms with van der Waals surface area (Å²) in [5, 5.41) is 14.9. The Kier molecular flexibility index (Phi) is 6.61. The number of nitrogens with zero attached hydrogens (tertiary/aromatic N) is 4. The number of nitrogens with one attached hydrogen (secondary N) is 2. The number of aryl methyl sites for hydroxylation is 1. The molecule has 0 aliphatic carbocycles. The highest BCUT2D eigenvalue weighted by Gasteiger charge is 2.01. The lowest BCUT2D eigenvalue weighted by Crippen LogP contribution is -2.17. The molecule has 2 N–H and O–H groups in total. The van der Waals surface area contributed by atoms with Gasteiger partial charge in [0.1, 0.15) is 17.5 Å². The van der Waals surface area contributed by atoms with E-state index in [1.165, 1.54) is 0 Å². The number of aromatic nitrogens is 2. The van der Waals surface area contributed by atoms with E-state index in [9.17, 15) is 0 Å². The van der Waals surface area contributed by atoms with Gasteiger partial charge >= 0.3 is 0 Å². The Labute approximate surface area is 114 Å². The van der Waals surface area contributed by atoms with Crippen LogP contribution in [-0.4, -0.2) is 48.6 Å². The van der Waals surface area contributed by atoms with E-state index in [1.807, 2.05) is 13.0 Å². The lowest BCUT2D eigenvalue weighted by molar-refractivity contribution is 0.405. The van der Waals surface area contributed by atoms with Crippen LogP contribution in [0.2, 0.25) is 0 Å². The fourth-order valence-electron chi connectivity index (χ4n) is 1.61. The molecule has 1 aromatic heterocycles. The third kappa shape index (κ3) is 6.58. The molecule has 0 spiro atoms. The molecule has 0 amide bonds. The molecular weight excluding hydrogens is 240 g/mol. The molecule has 1 heterocycles. The second-order valence-electron chi connectivity index (χ2n) is 4.60. The zero-order valence-electron chi connectivity index (χ0n) is 11.9. The van der Waals surface area contributed by atoms with Crippen molar-refractivity contribution >= 4 is 11.6 Å². The standard InChI is InChI=1S/C13H22N6/c1-11-17-12(15-7-4-6-14)10-13(18-11)16-8-5-9-19(2)3/h10H,4-5,7-9H2,1-3H3,(H2,15,16,17,18). The first kappa shape index (κ1) is 15.2. The maximum absolute atomic E-state index is 8.50. The topological polar surface area (TPSA) is 76.9 Å². The van der Waals surface area contributed by atoms with E-state index in [4.69, 9.17) is 5.26 Å². The fraction of sp³-hybridized carbons (Fsp3) is 0.615. The van der Waals surface area contributed by atoms with E-state index in [-0.39, 0.29) is 0 Å². The van der Waals surface area contributed by atoms with Crippen LogP contribution in [0.1, 0.15) is 18.7 Å². The lowest BCUT2D eigenvalue weighted by Gasteiger charge is -2.11. The monoisotopic (exact) mass is 262 g/mol. The van der Waals surface area contributed by atoms with E-state index in [2.05, 4.69) is 45.7 Å². The van der Waals surface area contributed by atoms with Crippen LogP contribution < -0.4 is 10.6 Å². The predicted molar refractivity (Wildman–Crippen MR) is 77.1 cm³/mol. The molecule has 1 aromatic rings. The molecule has 1 rings (SSSR count). The van der Waals surface area contributed by atoms with E-state index >= 15 is 0 Å². The molecule has 0 aliphatic rings. The van der Waals surface area contributed by atoms with Crippen LogP contribution in [0.4, 0.5) is 11.6 Å². The average Bonchev–Trinajstić information content (AvgIpc) is 2.34. The van der Waals surface area contributed by atoms with E-state index in [0.717, 1.165) is 37.0 Å². The Hall–Kier alpha value is -1.87. The molecule has 0 saturated heterocycles. The summed E-state index contributed by atoms with van der Waals surface area (Å²) in [6.45, 7) is 4.39. The zero-order valence-corrected chi connectivity index (χ0v) is 11.9. The molecule has 0 fully saturated rings. The van der Waals surface area contributed by atoms with Crippen molar-refractivity contribution in [3.05, 3.63) is 11.9 Å². The average molecular weight is 262 g/mol. The molecule has 0 unspecified atom stereocenters. The Morgan fingerprint density at radius 1 is 1.21 bits per heavy atom. The minimum atomic E-state index is 0.467. The van der Waals surface area contributed by atoms with Gasteiger partial charge in [-0.05, 0) is 34.0 Å². The number of hydrogen-bond donors (Lipinski definition) is 2. The van der Waals surface area contributed by atoms with E-state index in [0.29, 0.717) is 13.0 Å². The molecule has 0 aromatic carbocycles. The molecular formula is C13H22N6. The summed E-state index contributed by atoms with van der Waals surface area (Å²) in [5.41, 5.74) is 0. The van der Waals surface area contributed by atoms with Crippen LogP contribution in [0, 0.1) is 18.3 Å². The SMILES string of the molecule is Cc1nc(NCCC#N)cc(NCCCN(C)C)n1. The van der Waals surface area contributed by atoms with Crippen LogP contribution in [0.25, 0.3) is 0 Å². The van der Waals surface area contributed by atoms with Crippen molar-refractivity contribution in [1.82, 2.24) is 14.9 Å². The second-order valence-corrected chi connectivity index (χ2v) is 4.60. The summed E-state index contributed by atoms with van der Waals surface area (Å²) in [4.78, 5) is 10.8. The van der Waals surface area contributed by atoms with Crippen LogP contribution in [0.15, 0.2) is 6.07 Å².